The molecule has 0 bridgehead atoms. The second kappa shape index (κ2) is 8.21. The molecule has 2 N–H and O–H groups in total. The van der Waals surface area contributed by atoms with E-state index in [0.29, 0.717) is 11.5 Å². The van der Waals surface area contributed by atoms with E-state index in [0.717, 1.165) is 16.7 Å². The number of hydrazone groups is 1. The van der Waals surface area contributed by atoms with Crippen LogP contribution < -0.4 is 5.20 Å². The van der Waals surface area contributed by atoms with Crippen LogP contribution in [0.1, 0.15) is 16.7 Å². The van der Waals surface area contributed by atoms with Gasteiger partial charge in [-0.25, -0.2) is 0 Å². The van der Waals surface area contributed by atoms with Gasteiger partial charge in [0.1, 0.15) is 17.3 Å². The molecule has 29 heavy (non-hydrogen) atoms. The van der Waals surface area contributed by atoms with E-state index < -0.39 is 7.29 Å². The maximum absolute atomic E-state index is 13.5. The molecule has 144 valence electrons. The SMILES string of the molecule is O=P1(N/N=C\c2ccc(O)cc2)C=C(c2ccccc2)OC(c2ccccc2)=C1. The summed E-state index contributed by atoms with van der Waals surface area (Å²) in [5, 5.41) is 16.3. The lowest BCUT2D eigenvalue weighted by Crippen LogP contribution is -2.06. The van der Waals surface area contributed by atoms with Crippen molar-refractivity contribution in [2.75, 3.05) is 0 Å². The zero-order valence-electron chi connectivity index (χ0n) is 15.5. The standard InChI is InChI=1S/C23H19N2O3P/c26-21-13-11-18(12-14-21)15-24-25-29(27)16-22(19-7-3-1-4-8-19)28-23(17-29)20-9-5-2-6-10-20/h1-17,26H,(H,25,27)/b24-15-. The molecule has 0 fully saturated rings. The van der Waals surface area contributed by atoms with E-state index in [9.17, 15) is 9.67 Å². The van der Waals surface area contributed by atoms with Gasteiger partial charge in [0.25, 0.3) is 0 Å². The Bertz CT molecular complexity index is 1060. The molecule has 0 aromatic heterocycles. The number of nitrogens with zero attached hydrogens (tertiary/aromatic N) is 1. The molecule has 1 aliphatic heterocycles. The maximum atomic E-state index is 13.5. The van der Waals surface area contributed by atoms with Crippen molar-refractivity contribution in [3.05, 3.63) is 113 Å². The van der Waals surface area contributed by atoms with E-state index in [2.05, 4.69) is 10.3 Å². The second-order valence-corrected chi connectivity index (χ2v) is 8.62. The number of hydrogen-bond donors (Lipinski definition) is 2. The Hall–Kier alpha value is -3.56. The quantitative estimate of drug-likeness (QED) is 0.330. The Kier molecular flexibility index (Phi) is 5.32. The minimum Gasteiger partial charge on any atom is -0.508 e. The molecule has 0 atom stereocenters. The second-order valence-electron chi connectivity index (χ2n) is 6.48. The van der Waals surface area contributed by atoms with Gasteiger partial charge in [-0.2, -0.15) is 5.10 Å². The summed E-state index contributed by atoms with van der Waals surface area (Å²) in [5.74, 6) is 4.38. The van der Waals surface area contributed by atoms with E-state index in [1.165, 1.54) is 0 Å². The van der Waals surface area contributed by atoms with Gasteiger partial charge >= 0.3 is 0 Å². The van der Waals surface area contributed by atoms with Crippen LogP contribution in [0.2, 0.25) is 0 Å². The van der Waals surface area contributed by atoms with E-state index in [4.69, 9.17) is 4.74 Å². The van der Waals surface area contributed by atoms with Crippen molar-refractivity contribution in [3.8, 4) is 5.75 Å². The Labute approximate surface area is 169 Å². The fraction of sp³-hybridized carbons (Fsp3) is 0. The van der Waals surface area contributed by atoms with E-state index in [1.54, 1.807) is 42.1 Å². The van der Waals surface area contributed by atoms with E-state index >= 15 is 0 Å². The fourth-order valence-corrected chi connectivity index (χ4v) is 4.37. The molecule has 0 unspecified atom stereocenters. The summed E-state index contributed by atoms with van der Waals surface area (Å²) in [6.45, 7) is 0. The Morgan fingerprint density at radius 1 is 0.793 bits per heavy atom. The van der Waals surface area contributed by atoms with Crippen molar-refractivity contribution in [1.29, 1.82) is 0 Å². The highest BCUT2D eigenvalue weighted by atomic mass is 31.2. The van der Waals surface area contributed by atoms with Crippen molar-refractivity contribution < 1.29 is 14.4 Å². The van der Waals surface area contributed by atoms with Crippen molar-refractivity contribution in [3.63, 3.8) is 0 Å². The normalized spacial score (nSPS) is 15.3. The third-order valence-electron chi connectivity index (χ3n) is 4.28. The summed E-state index contributed by atoms with van der Waals surface area (Å²) in [4.78, 5) is 0. The Morgan fingerprint density at radius 3 is 1.83 bits per heavy atom. The molecule has 0 saturated carbocycles. The summed E-state index contributed by atoms with van der Waals surface area (Å²) < 4.78 is 19.6. The predicted molar refractivity (Wildman–Crippen MR) is 116 cm³/mol. The van der Waals surface area contributed by atoms with Gasteiger partial charge < -0.3 is 9.84 Å². The summed E-state index contributed by atoms with van der Waals surface area (Å²) in [6.07, 6.45) is 1.56. The monoisotopic (exact) mass is 402 g/mol. The Morgan fingerprint density at radius 2 is 1.31 bits per heavy atom. The van der Waals surface area contributed by atoms with Gasteiger partial charge in [0.05, 0.1) is 6.21 Å². The molecule has 6 heteroatoms. The molecular weight excluding hydrogens is 383 g/mol. The molecule has 3 aromatic carbocycles. The summed E-state index contributed by atoms with van der Waals surface area (Å²) in [7, 11) is -3.15. The first-order valence-corrected chi connectivity index (χ1v) is 10.9. The average Bonchev–Trinajstić information content (AvgIpc) is 2.76. The lowest BCUT2D eigenvalue weighted by atomic mass is 10.2. The van der Waals surface area contributed by atoms with Crippen LogP contribution in [0, 0.1) is 0 Å². The molecule has 0 radical (unpaired) electrons. The first-order valence-electron chi connectivity index (χ1n) is 9.04. The third kappa shape index (κ3) is 4.65. The molecule has 4 rings (SSSR count). The number of phenolic OH excluding ortho intramolecular Hbond substituents is 1. The summed E-state index contributed by atoms with van der Waals surface area (Å²) >= 11 is 0. The highest BCUT2D eigenvalue weighted by Gasteiger charge is 2.26. The van der Waals surface area contributed by atoms with Crippen molar-refractivity contribution in [2.24, 2.45) is 5.10 Å². The number of phenols is 1. The van der Waals surface area contributed by atoms with E-state index in [-0.39, 0.29) is 5.75 Å². The van der Waals surface area contributed by atoms with Gasteiger partial charge in [0, 0.05) is 22.8 Å². The lowest BCUT2D eigenvalue weighted by Gasteiger charge is -2.22. The first kappa shape index (κ1) is 18.8. The molecule has 0 spiro atoms. The van der Waals surface area contributed by atoms with Gasteiger partial charge in [-0.3, -0.25) is 9.76 Å². The van der Waals surface area contributed by atoms with Gasteiger partial charge in [0.2, 0.25) is 7.29 Å². The van der Waals surface area contributed by atoms with Crippen LogP contribution in [0.15, 0.2) is 102 Å². The van der Waals surface area contributed by atoms with Crippen LogP contribution >= 0.6 is 7.29 Å². The van der Waals surface area contributed by atoms with Gasteiger partial charge in [-0.05, 0) is 29.8 Å². The summed E-state index contributed by atoms with van der Waals surface area (Å²) in [6, 6.07) is 25.7. The molecule has 0 saturated heterocycles. The molecule has 1 aliphatic rings. The van der Waals surface area contributed by atoms with Crippen LogP contribution in [-0.4, -0.2) is 11.3 Å². The van der Waals surface area contributed by atoms with Crippen LogP contribution in [0.25, 0.3) is 11.5 Å². The van der Waals surface area contributed by atoms with Crippen molar-refractivity contribution in [2.45, 2.75) is 0 Å². The molecule has 0 aliphatic carbocycles. The van der Waals surface area contributed by atoms with E-state index in [1.807, 2.05) is 60.7 Å². The largest absolute Gasteiger partial charge is 0.508 e. The molecule has 5 nitrogen and oxygen atoms in total. The van der Waals surface area contributed by atoms with Gasteiger partial charge in [0.15, 0.2) is 0 Å². The first-order chi connectivity index (χ1) is 14.1. The fourth-order valence-electron chi connectivity index (χ4n) is 2.84. The van der Waals surface area contributed by atoms with Crippen molar-refractivity contribution >= 4 is 25.0 Å². The molecular formula is C23H19N2O3P. The van der Waals surface area contributed by atoms with Crippen LogP contribution in [0.4, 0.5) is 0 Å². The molecule has 3 aromatic rings. The number of benzene rings is 3. The number of rotatable bonds is 5. The third-order valence-corrected chi connectivity index (χ3v) is 5.94. The number of ether oxygens (including phenoxy) is 1. The smallest absolute Gasteiger partial charge is 0.235 e. The van der Waals surface area contributed by atoms with Crippen LogP contribution in [0.5, 0.6) is 5.75 Å². The lowest BCUT2D eigenvalue weighted by molar-refractivity contribution is 0.468. The Balaban J connectivity index is 1.66. The maximum Gasteiger partial charge on any atom is 0.235 e. The van der Waals surface area contributed by atoms with Crippen molar-refractivity contribution in [1.82, 2.24) is 5.20 Å². The number of aromatic hydroxyl groups is 1. The highest BCUT2D eigenvalue weighted by molar-refractivity contribution is 7.68. The average molecular weight is 402 g/mol. The van der Waals surface area contributed by atoms with Gasteiger partial charge in [-0.1, -0.05) is 60.7 Å². The topological polar surface area (TPSA) is 70.9 Å². The minimum absolute atomic E-state index is 0.179. The predicted octanol–water partition coefficient (Wildman–Crippen LogP) is 5.62. The molecule has 1 heterocycles. The zero-order chi connectivity index (χ0) is 20.1. The number of hydrogen-bond acceptors (Lipinski definition) is 4. The minimum atomic E-state index is -3.15. The van der Waals surface area contributed by atoms with Crippen LogP contribution in [0.3, 0.4) is 0 Å². The zero-order valence-corrected chi connectivity index (χ0v) is 16.4. The van der Waals surface area contributed by atoms with Crippen LogP contribution in [-0.2, 0) is 9.30 Å². The summed E-state index contributed by atoms with van der Waals surface area (Å²) in [5.41, 5.74) is 2.44. The number of nitrogens with one attached hydrogen (secondary N) is 1. The van der Waals surface area contributed by atoms with Gasteiger partial charge in [-0.15, -0.1) is 0 Å². The molecule has 0 amide bonds. The highest BCUT2D eigenvalue weighted by Crippen LogP contribution is 2.53.